The van der Waals surface area contributed by atoms with Gasteiger partial charge < -0.3 is 15.0 Å². The summed E-state index contributed by atoms with van der Waals surface area (Å²) < 4.78 is 5.60. The number of ether oxygens (including phenoxy) is 1. The molecule has 1 unspecified atom stereocenters. The highest BCUT2D eigenvalue weighted by Gasteiger charge is 2.41. The number of hydrogen-bond donors (Lipinski definition) is 1. The van der Waals surface area contributed by atoms with Gasteiger partial charge in [0.25, 0.3) is 0 Å². The number of nitrogens with one attached hydrogen (secondary N) is 1. The number of likely N-dealkylation sites (tertiary alicyclic amines) is 1. The Kier molecular flexibility index (Phi) is 7.92. The molecule has 0 bridgehead atoms. The summed E-state index contributed by atoms with van der Waals surface area (Å²) in [5.74, 6) is 4.67. The first-order chi connectivity index (χ1) is 10.8. The third-order valence-corrected chi connectivity index (χ3v) is 5.38. The minimum absolute atomic E-state index is 0. The molecule has 23 heavy (non-hydrogen) atoms. The highest BCUT2D eigenvalue weighted by molar-refractivity contribution is 14.0. The van der Waals surface area contributed by atoms with E-state index in [1.807, 2.05) is 0 Å². The van der Waals surface area contributed by atoms with Crippen molar-refractivity contribution in [3.8, 4) is 0 Å². The SMILES string of the molecule is CCNC(=NCC(C1CC1)C1CC1)N1CCC(COCC)C1.I. The van der Waals surface area contributed by atoms with E-state index in [2.05, 4.69) is 24.1 Å². The lowest BCUT2D eigenvalue weighted by Crippen LogP contribution is -2.40. The maximum atomic E-state index is 5.60. The Hall–Kier alpha value is -0.0400. The van der Waals surface area contributed by atoms with Gasteiger partial charge in [-0.15, -0.1) is 24.0 Å². The zero-order chi connectivity index (χ0) is 15.4. The number of guanidine groups is 1. The van der Waals surface area contributed by atoms with E-state index >= 15 is 0 Å². The minimum Gasteiger partial charge on any atom is -0.381 e. The van der Waals surface area contributed by atoms with Crippen LogP contribution in [0.15, 0.2) is 4.99 Å². The molecule has 1 saturated heterocycles. The van der Waals surface area contributed by atoms with E-state index < -0.39 is 0 Å². The molecular weight excluding hydrogens is 401 g/mol. The fourth-order valence-electron chi connectivity index (χ4n) is 3.80. The first-order valence-corrected chi connectivity index (χ1v) is 9.42. The third kappa shape index (κ3) is 5.76. The summed E-state index contributed by atoms with van der Waals surface area (Å²) in [5.41, 5.74) is 0. The maximum absolute atomic E-state index is 5.60. The van der Waals surface area contributed by atoms with Crippen LogP contribution in [0.25, 0.3) is 0 Å². The Bertz CT molecular complexity index is 370. The summed E-state index contributed by atoms with van der Waals surface area (Å²) in [7, 11) is 0. The number of aliphatic imine (C=N–C) groups is 1. The second-order valence-electron chi connectivity index (χ2n) is 7.29. The summed E-state index contributed by atoms with van der Waals surface area (Å²) in [6, 6.07) is 0. The molecule has 1 heterocycles. The van der Waals surface area contributed by atoms with Crippen molar-refractivity contribution >= 4 is 29.9 Å². The molecule has 3 rings (SSSR count). The van der Waals surface area contributed by atoms with Crippen LogP contribution in [-0.4, -0.2) is 50.3 Å². The molecule has 4 nitrogen and oxygen atoms in total. The largest absolute Gasteiger partial charge is 0.381 e. The molecular formula is C18H34IN3O. The Morgan fingerprint density at radius 3 is 2.43 bits per heavy atom. The van der Waals surface area contributed by atoms with E-state index in [0.29, 0.717) is 5.92 Å². The van der Waals surface area contributed by atoms with Crippen molar-refractivity contribution in [3.63, 3.8) is 0 Å². The van der Waals surface area contributed by atoms with E-state index in [0.717, 1.165) is 63.1 Å². The van der Waals surface area contributed by atoms with Gasteiger partial charge in [-0.3, -0.25) is 4.99 Å². The van der Waals surface area contributed by atoms with E-state index in [1.54, 1.807) is 0 Å². The van der Waals surface area contributed by atoms with Gasteiger partial charge in [-0.05, 0) is 63.7 Å². The fraction of sp³-hybridized carbons (Fsp3) is 0.944. The molecule has 134 valence electrons. The molecule has 3 aliphatic rings. The molecule has 0 radical (unpaired) electrons. The van der Waals surface area contributed by atoms with Gasteiger partial charge in [-0.25, -0.2) is 0 Å². The van der Waals surface area contributed by atoms with Crippen molar-refractivity contribution < 1.29 is 4.74 Å². The smallest absolute Gasteiger partial charge is 0.193 e. The fourth-order valence-corrected chi connectivity index (χ4v) is 3.80. The minimum atomic E-state index is 0. The molecule has 3 fully saturated rings. The molecule has 1 atom stereocenters. The first kappa shape index (κ1) is 19.3. The maximum Gasteiger partial charge on any atom is 0.193 e. The molecule has 0 spiro atoms. The van der Waals surface area contributed by atoms with E-state index in [4.69, 9.17) is 9.73 Å². The highest BCUT2D eigenvalue weighted by atomic mass is 127. The summed E-state index contributed by atoms with van der Waals surface area (Å²) in [6.07, 6.45) is 7.04. The zero-order valence-corrected chi connectivity index (χ0v) is 17.1. The summed E-state index contributed by atoms with van der Waals surface area (Å²) in [5, 5.41) is 3.51. The molecule has 1 N–H and O–H groups in total. The van der Waals surface area contributed by atoms with Crippen molar-refractivity contribution in [1.82, 2.24) is 10.2 Å². The van der Waals surface area contributed by atoms with E-state index in [9.17, 15) is 0 Å². The molecule has 0 aromatic heterocycles. The lowest BCUT2D eigenvalue weighted by molar-refractivity contribution is 0.114. The average molecular weight is 435 g/mol. The second kappa shape index (κ2) is 9.44. The predicted octanol–water partition coefficient (Wildman–Crippen LogP) is 3.36. The molecule has 0 aromatic rings. The lowest BCUT2D eigenvalue weighted by atomic mass is 9.98. The van der Waals surface area contributed by atoms with Crippen LogP contribution in [0.4, 0.5) is 0 Å². The molecule has 5 heteroatoms. The van der Waals surface area contributed by atoms with Crippen molar-refractivity contribution in [2.45, 2.75) is 46.0 Å². The molecule has 0 aromatic carbocycles. The van der Waals surface area contributed by atoms with E-state index in [-0.39, 0.29) is 24.0 Å². The van der Waals surface area contributed by atoms with Crippen molar-refractivity contribution in [3.05, 3.63) is 0 Å². The van der Waals surface area contributed by atoms with Crippen LogP contribution in [0.1, 0.15) is 46.0 Å². The van der Waals surface area contributed by atoms with Crippen molar-refractivity contribution in [2.24, 2.45) is 28.7 Å². The normalized spacial score (nSPS) is 24.9. The monoisotopic (exact) mass is 435 g/mol. The van der Waals surface area contributed by atoms with Gasteiger partial charge in [0, 0.05) is 38.7 Å². The lowest BCUT2D eigenvalue weighted by Gasteiger charge is -2.23. The Morgan fingerprint density at radius 2 is 1.87 bits per heavy atom. The van der Waals surface area contributed by atoms with E-state index in [1.165, 1.54) is 32.1 Å². The van der Waals surface area contributed by atoms with Gasteiger partial charge in [0.15, 0.2) is 5.96 Å². The van der Waals surface area contributed by atoms with Gasteiger partial charge in [-0.1, -0.05) is 0 Å². The Morgan fingerprint density at radius 1 is 1.17 bits per heavy atom. The molecule has 0 amide bonds. The summed E-state index contributed by atoms with van der Waals surface area (Å²) in [6.45, 7) is 10.2. The first-order valence-electron chi connectivity index (χ1n) is 9.42. The van der Waals surface area contributed by atoms with Gasteiger partial charge in [-0.2, -0.15) is 0 Å². The van der Waals surface area contributed by atoms with Crippen LogP contribution in [0.5, 0.6) is 0 Å². The van der Waals surface area contributed by atoms with Crippen molar-refractivity contribution in [1.29, 1.82) is 0 Å². The van der Waals surface area contributed by atoms with Crippen LogP contribution >= 0.6 is 24.0 Å². The second-order valence-corrected chi connectivity index (χ2v) is 7.29. The third-order valence-electron chi connectivity index (χ3n) is 5.38. The van der Waals surface area contributed by atoms with Crippen LogP contribution in [0, 0.1) is 23.7 Å². The van der Waals surface area contributed by atoms with Gasteiger partial charge in [0.2, 0.25) is 0 Å². The number of rotatable bonds is 8. The van der Waals surface area contributed by atoms with Crippen LogP contribution in [0.3, 0.4) is 0 Å². The van der Waals surface area contributed by atoms with Crippen molar-refractivity contribution in [2.75, 3.05) is 39.4 Å². The zero-order valence-electron chi connectivity index (χ0n) is 14.8. The summed E-state index contributed by atoms with van der Waals surface area (Å²) in [4.78, 5) is 7.47. The Labute approximate surface area is 158 Å². The predicted molar refractivity (Wildman–Crippen MR) is 107 cm³/mol. The number of nitrogens with zero attached hydrogens (tertiary/aromatic N) is 2. The molecule has 2 saturated carbocycles. The topological polar surface area (TPSA) is 36.9 Å². The van der Waals surface area contributed by atoms with Gasteiger partial charge in [0.05, 0.1) is 6.61 Å². The van der Waals surface area contributed by atoms with Gasteiger partial charge in [0.1, 0.15) is 0 Å². The van der Waals surface area contributed by atoms with Crippen LogP contribution in [0.2, 0.25) is 0 Å². The Balaban J connectivity index is 0.00000192. The average Bonchev–Trinajstić information content (AvgIpc) is 3.45. The number of hydrogen-bond acceptors (Lipinski definition) is 2. The van der Waals surface area contributed by atoms with Crippen LogP contribution < -0.4 is 5.32 Å². The summed E-state index contributed by atoms with van der Waals surface area (Å²) >= 11 is 0. The molecule has 1 aliphatic heterocycles. The quantitative estimate of drug-likeness (QED) is 0.361. The standard InChI is InChI=1S/C18H33N3O.HI/c1-3-19-18(21-10-9-14(12-21)13-22-4-2)20-11-17(15-5-6-15)16-7-8-16;/h14-17H,3-13H2,1-2H3,(H,19,20);1H. The van der Waals surface area contributed by atoms with Crippen LogP contribution in [-0.2, 0) is 4.74 Å². The molecule has 2 aliphatic carbocycles. The van der Waals surface area contributed by atoms with Gasteiger partial charge >= 0.3 is 0 Å². The highest BCUT2D eigenvalue weighted by Crippen LogP contribution is 2.49. The number of halogens is 1.